The molecule has 1 rings (SSSR count). The molecule has 9 heteroatoms. The molecular formula is C21H33N3O6. The molecule has 168 valence electrons. The molecule has 0 atom stereocenters. The number of carbonyl (C=O) groups excluding carboxylic acids is 2. The number of nitrogens with zero attached hydrogens (tertiary/aromatic N) is 1. The van der Waals surface area contributed by atoms with Crippen LogP contribution in [0.3, 0.4) is 0 Å². The molecule has 1 aromatic heterocycles. The highest BCUT2D eigenvalue weighted by atomic mass is 16.5. The summed E-state index contributed by atoms with van der Waals surface area (Å²) in [6.45, 7) is 3.45. The van der Waals surface area contributed by atoms with Crippen molar-refractivity contribution in [1.82, 2.24) is 15.6 Å². The largest absolute Gasteiger partial charge is 0.494 e. The van der Waals surface area contributed by atoms with Gasteiger partial charge in [-0.05, 0) is 18.9 Å². The van der Waals surface area contributed by atoms with Gasteiger partial charge in [-0.1, -0.05) is 39.0 Å². The minimum atomic E-state index is -1.17. The summed E-state index contributed by atoms with van der Waals surface area (Å²) in [6.07, 6.45) is 9.29. The summed E-state index contributed by atoms with van der Waals surface area (Å²) in [7, 11) is 1.34. The predicted octanol–water partition coefficient (Wildman–Crippen LogP) is 2.40. The van der Waals surface area contributed by atoms with Gasteiger partial charge in [0.05, 0.1) is 12.7 Å². The molecule has 0 aliphatic carbocycles. The van der Waals surface area contributed by atoms with Crippen LogP contribution in [0.2, 0.25) is 0 Å². The Hall–Kier alpha value is -2.68. The minimum absolute atomic E-state index is 0.0848. The maximum absolute atomic E-state index is 12.2. The standard InChI is InChI=1S/C21H33N3O6/c1-3-4-5-6-7-8-11-30-12-9-10-22-20(27)16-13-17(29-2)19(23-14-16)21(28)24-15-18(25)26/h13-14H,3-12,15H2,1-2H3,(H,22,27)(H,24,28)(H,25,26). The molecule has 0 saturated carbocycles. The van der Waals surface area contributed by atoms with E-state index in [1.165, 1.54) is 51.5 Å². The van der Waals surface area contributed by atoms with Crippen molar-refractivity contribution in [1.29, 1.82) is 0 Å². The van der Waals surface area contributed by atoms with Gasteiger partial charge in [0.15, 0.2) is 11.4 Å². The Balaban J connectivity index is 2.31. The predicted molar refractivity (Wildman–Crippen MR) is 112 cm³/mol. The SMILES string of the molecule is CCCCCCCCOCCCNC(=O)c1cnc(C(=O)NCC(=O)O)c(OC)c1. The van der Waals surface area contributed by atoms with Gasteiger partial charge >= 0.3 is 5.97 Å². The zero-order chi connectivity index (χ0) is 22.2. The van der Waals surface area contributed by atoms with E-state index in [1.54, 1.807) is 0 Å². The number of hydrogen-bond donors (Lipinski definition) is 3. The first-order valence-corrected chi connectivity index (χ1v) is 10.4. The first-order valence-electron chi connectivity index (χ1n) is 10.4. The number of rotatable bonds is 16. The second-order valence-electron chi connectivity index (χ2n) is 6.84. The Morgan fingerprint density at radius 3 is 2.40 bits per heavy atom. The van der Waals surface area contributed by atoms with Crippen molar-refractivity contribution in [3.63, 3.8) is 0 Å². The van der Waals surface area contributed by atoms with Crippen molar-refractivity contribution < 1.29 is 29.0 Å². The third-order valence-corrected chi connectivity index (χ3v) is 4.34. The molecule has 0 spiro atoms. The molecule has 1 aromatic rings. The number of ether oxygens (including phenoxy) is 2. The molecule has 9 nitrogen and oxygen atoms in total. The molecule has 0 fully saturated rings. The summed E-state index contributed by atoms with van der Waals surface area (Å²) < 4.78 is 10.7. The van der Waals surface area contributed by atoms with Crippen LogP contribution in [0.15, 0.2) is 12.3 Å². The lowest BCUT2D eigenvalue weighted by atomic mass is 10.1. The summed E-state index contributed by atoms with van der Waals surface area (Å²) in [5.74, 6) is -2.11. The molecule has 0 bridgehead atoms. The number of aromatic nitrogens is 1. The highest BCUT2D eigenvalue weighted by Gasteiger charge is 2.17. The summed E-state index contributed by atoms with van der Waals surface area (Å²) >= 11 is 0. The van der Waals surface area contributed by atoms with Crippen LogP contribution in [0.1, 0.15) is 72.7 Å². The molecule has 1 heterocycles. The third kappa shape index (κ3) is 10.2. The van der Waals surface area contributed by atoms with Gasteiger partial charge in [-0.25, -0.2) is 4.98 Å². The normalized spacial score (nSPS) is 10.5. The first-order chi connectivity index (χ1) is 14.5. The third-order valence-electron chi connectivity index (χ3n) is 4.34. The molecule has 0 aliphatic rings. The molecule has 0 radical (unpaired) electrons. The van der Waals surface area contributed by atoms with Crippen molar-refractivity contribution in [2.24, 2.45) is 0 Å². The van der Waals surface area contributed by atoms with Gasteiger partial charge < -0.3 is 25.2 Å². The number of carbonyl (C=O) groups is 3. The van der Waals surface area contributed by atoms with E-state index in [-0.39, 0.29) is 22.9 Å². The smallest absolute Gasteiger partial charge is 0.322 e. The molecule has 0 unspecified atom stereocenters. The first kappa shape index (κ1) is 25.4. The number of amides is 2. The van der Waals surface area contributed by atoms with Crippen LogP contribution in [0.4, 0.5) is 0 Å². The fourth-order valence-corrected chi connectivity index (χ4v) is 2.70. The number of unbranched alkanes of at least 4 members (excludes halogenated alkanes) is 5. The average molecular weight is 424 g/mol. The van der Waals surface area contributed by atoms with E-state index in [1.807, 2.05) is 0 Å². The number of nitrogens with one attached hydrogen (secondary N) is 2. The molecule has 0 saturated heterocycles. The number of carboxylic acids is 1. The zero-order valence-electron chi connectivity index (χ0n) is 17.9. The van der Waals surface area contributed by atoms with Crippen LogP contribution in [0, 0.1) is 0 Å². The molecule has 30 heavy (non-hydrogen) atoms. The lowest BCUT2D eigenvalue weighted by Gasteiger charge is -2.10. The van der Waals surface area contributed by atoms with E-state index in [2.05, 4.69) is 22.5 Å². The Morgan fingerprint density at radius 1 is 1.00 bits per heavy atom. The quantitative estimate of drug-likeness (QED) is 0.348. The maximum atomic E-state index is 12.2. The summed E-state index contributed by atoms with van der Waals surface area (Å²) in [4.78, 5) is 38.7. The van der Waals surface area contributed by atoms with Crippen LogP contribution < -0.4 is 15.4 Å². The van der Waals surface area contributed by atoms with E-state index in [9.17, 15) is 14.4 Å². The Labute approximate surface area is 177 Å². The molecule has 3 N–H and O–H groups in total. The van der Waals surface area contributed by atoms with Gasteiger partial charge in [-0.2, -0.15) is 0 Å². The Bertz CT molecular complexity index is 681. The van der Waals surface area contributed by atoms with Gasteiger partial charge in [0.25, 0.3) is 11.8 Å². The fraction of sp³-hybridized carbons (Fsp3) is 0.619. The van der Waals surface area contributed by atoms with Crippen molar-refractivity contribution in [3.8, 4) is 5.75 Å². The van der Waals surface area contributed by atoms with Crippen molar-refractivity contribution in [3.05, 3.63) is 23.5 Å². The van der Waals surface area contributed by atoms with Crippen LogP contribution in [-0.4, -0.2) is 61.3 Å². The summed E-state index contributed by atoms with van der Waals surface area (Å²) in [5, 5.41) is 13.6. The van der Waals surface area contributed by atoms with E-state index in [0.29, 0.717) is 19.6 Å². The lowest BCUT2D eigenvalue weighted by Crippen LogP contribution is -2.30. The lowest BCUT2D eigenvalue weighted by molar-refractivity contribution is -0.135. The maximum Gasteiger partial charge on any atom is 0.322 e. The van der Waals surface area contributed by atoms with Crippen LogP contribution in [0.25, 0.3) is 0 Å². The Morgan fingerprint density at radius 2 is 1.70 bits per heavy atom. The summed E-state index contributed by atoms with van der Waals surface area (Å²) in [5.41, 5.74) is 0.160. The Kier molecular flexibility index (Phi) is 12.8. The van der Waals surface area contributed by atoms with Crippen LogP contribution >= 0.6 is 0 Å². The van der Waals surface area contributed by atoms with E-state index in [0.717, 1.165) is 13.0 Å². The van der Waals surface area contributed by atoms with E-state index in [4.69, 9.17) is 14.6 Å². The number of hydrogen-bond acceptors (Lipinski definition) is 6. The van der Waals surface area contributed by atoms with Crippen LogP contribution in [0.5, 0.6) is 5.75 Å². The molecular weight excluding hydrogens is 390 g/mol. The van der Waals surface area contributed by atoms with Crippen molar-refractivity contribution >= 4 is 17.8 Å². The fourth-order valence-electron chi connectivity index (χ4n) is 2.70. The van der Waals surface area contributed by atoms with Gasteiger partial charge in [0, 0.05) is 26.0 Å². The molecule has 0 aromatic carbocycles. The van der Waals surface area contributed by atoms with Gasteiger partial charge in [0.2, 0.25) is 0 Å². The van der Waals surface area contributed by atoms with Crippen molar-refractivity contribution in [2.75, 3.05) is 33.4 Å². The van der Waals surface area contributed by atoms with E-state index >= 15 is 0 Å². The number of pyridine rings is 1. The zero-order valence-corrected chi connectivity index (χ0v) is 17.9. The van der Waals surface area contributed by atoms with E-state index < -0.39 is 18.4 Å². The number of carboxylic acid groups (broad SMARTS) is 1. The monoisotopic (exact) mass is 423 g/mol. The highest BCUT2D eigenvalue weighted by Crippen LogP contribution is 2.17. The average Bonchev–Trinajstić information content (AvgIpc) is 2.75. The molecule has 2 amide bonds. The number of aliphatic carboxylic acids is 1. The summed E-state index contributed by atoms with van der Waals surface area (Å²) in [6, 6.07) is 1.40. The van der Waals surface area contributed by atoms with Crippen molar-refractivity contribution in [2.45, 2.75) is 51.9 Å². The number of methoxy groups -OCH3 is 1. The topological polar surface area (TPSA) is 127 Å². The van der Waals surface area contributed by atoms with Crippen LogP contribution in [-0.2, 0) is 9.53 Å². The second kappa shape index (κ2) is 15.2. The van der Waals surface area contributed by atoms with Gasteiger partial charge in [-0.3, -0.25) is 14.4 Å². The second-order valence-corrected chi connectivity index (χ2v) is 6.84. The molecule has 0 aliphatic heterocycles. The highest BCUT2D eigenvalue weighted by molar-refractivity contribution is 5.99. The van der Waals surface area contributed by atoms with Gasteiger partial charge in [0.1, 0.15) is 6.54 Å². The minimum Gasteiger partial charge on any atom is -0.494 e. The van der Waals surface area contributed by atoms with Gasteiger partial charge in [-0.15, -0.1) is 0 Å².